The van der Waals surface area contributed by atoms with Crippen LogP contribution >= 0.6 is 11.6 Å². The van der Waals surface area contributed by atoms with Gasteiger partial charge in [-0.15, -0.1) is 0 Å². The maximum Gasteiger partial charge on any atom is 0.264 e. The Balaban J connectivity index is 0.855. The van der Waals surface area contributed by atoms with Crippen molar-refractivity contribution < 1.29 is 42.9 Å². The third kappa shape index (κ3) is 10.2. The highest BCUT2D eigenvalue weighted by Gasteiger charge is 2.45. The summed E-state index contributed by atoms with van der Waals surface area (Å²) in [6.07, 6.45) is 3.09. The predicted molar refractivity (Wildman–Crippen MR) is 256 cm³/mol. The average Bonchev–Trinajstić information content (AvgIpc) is 3.62. The van der Waals surface area contributed by atoms with Gasteiger partial charge in [-0.2, -0.15) is 5.26 Å². The number of carbonyl (C=O) groups is 5. The number of imide groups is 2. The molecule has 4 heterocycles. The molecule has 354 valence electrons. The first-order valence-electron chi connectivity index (χ1n) is 23.2. The van der Waals surface area contributed by atoms with Crippen LogP contribution in [0.25, 0.3) is 11.1 Å². The molecule has 0 bridgehead atoms. The van der Waals surface area contributed by atoms with E-state index in [0.717, 1.165) is 62.6 Å². The lowest BCUT2D eigenvalue weighted by Gasteiger charge is -2.35. The fourth-order valence-electron chi connectivity index (χ4n) is 9.35. The monoisotopic (exact) mass is 950 g/mol. The summed E-state index contributed by atoms with van der Waals surface area (Å²) in [7, 11) is 0. The first kappa shape index (κ1) is 46.7. The largest absolute Gasteiger partial charge is 0.488 e. The van der Waals surface area contributed by atoms with Gasteiger partial charge in [0.25, 0.3) is 11.8 Å². The van der Waals surface area contributed by atoms with Crippen LogP contribution in [-0.4, -0.2) is 84.3 Å². The number of hydrogen-bond donors (Lipinski definition) is 3. The summed E-state index contributed by atoms with van der Waals surface area (Å²) in [5.74, 6) is 0.0637. The number of anilines is 1. The highest BCUT2D eigenvalue weighted by molar-refractivity contribution is 6.32. The molecule has 0 aromatic heterocycles. The van der Waals surface area contributed by atoms with Crippen molar-refractivity contribution in [2.24, 2.45) is 0 Å². The van der Waals surface area contributed by atoms with E-state index in [1.54, 1.807) is 36.4 Å². The summed E-state index contributed by atoms with van der Waals surface area (Å²) >= 11 is 7.01. The number of piperidine rings is 2. The number of nitriles is 1. The van der Waals surface area contributed by atoms with Crippen molar-refractivity contribution >= 4 is 46.8 Å². The molecule has 15 nitrogen and oxygen atoms in total. The smallest absolute Gasteiger partial charge is 0.264 e. The van der Waals surface area contributed by atoms with Crippen LogP contribution in [0.15, 0.2) is 91.0 Å². The summed E-state index contributed by atoms with van der Waals surface area (Å²) in [5.41, 5.74) is 7.03. The summed E-state index contributed by atoms with van der Waals surface area (Å²) in [6.45, 7) is 5.32. The second kappa shape index (κ2) is 20.8. The van der Waals surface area contributed by atoms with Gasteiger partial charge in [-0.25, -0.2) is 0 Å². The molecular weight excluding hydrogens is 900 g/mol. The molecular formula is C53H51ClN6O9. The first-order valence-corrected chi connectivity index (χ1v) is 23.6. The number of likely N-dealkylation sites (tertiary alicyclic amines) is 1. The van der Waals surface area contributed by atoms with Gasteiger partial charge in [-0.3, -0.25) is 39.1 Å². The van der Waals surface area contributed by atoms with Gasteiger partial charge in [-0.1, -0.05) is 60.5 Å². The number of hydrogen-bond acceptors (Lipinski definition) is 12. The van der Waals surface area contributed by atoms with Crippen molar-refractivity contribution in [2.75, 3.05) is 38.2 Å². The van der Waals surface area contributed by atoms with Crippen LogP contribution in [0.1, 0.15) is 87.1 Å². The highest BCUT2D eigenvalue weighted by Crippen LogP contribution is 2.39. The van der Waals surface area contributed by atoms with Crippen molar-refractivity contribution in [2.45, 2.75) is 77.3 Å². The lowest BCUT2D eigenvalue weighted by atomic mass is 9.96. The number of fused-ring (bicyclic) bond motifs is 2. The van der Waals surface area contributed by atoms with Crippen molar-refractivity contribution in [1.29, 1.82) is 5.26 Å². The molecule has 4 aliphatic heterocycles. The van der Waals surface area contributed by atoms with E-state index < -0.39 is 35.7 Å². The molecule has 16 heteroatoms. The zero-order valence-corrected chi connectivity index (χ0v) is 38.9. The molecule has 0 radical (unpaired) electrons. The lowest BCUT2D eigenvalue weighted by molar-refractivity contribution is -0.136. The van der Waals surface area contributed by atoms with E-state index >= 15 is 0 Å². The second-order valence-electron chi connectivity index (χ2n) is 17.5. The van der Waals surface area contributed by atoms with Crippen molar-refractivity contribution in [1.82, 2.24) is 20.4 Å². The Morgan fingerprint density at radius 3 is 2.48 bits per heavy atom. The highest BCUT2D eigenvalue weighted by atomic mass is 35.5. The molecule has 9 rings (SSSR count). The zero-order valence-electron chi connectivity index (χ0n) is 38.1. The fourth-order valence-corrected chi connectivity index (χ4v) is 9.60. The van der Waals surface area contributed by atoms with Crippen LogP contribution < -0.4 is 34.9 Å². The Morgan fingerprint density at radius 1 is 0.841 bits per heavy atom. The molecule has 0 spiro atoms. The van der Waals surface area contributed by atoms with Crippen molar-refractivity contribution in [3.8, 4) is 40.2 Å². The van der Waals surface area contributed by atoms with Gasteiger partial charge in [0.2, 0.25) is 17.7 Å². The van der Waals surface area contributed by atoms with E-state index in [0.29, 0.717) is 80.0 Å². The number of benzene rings is 5. The third-order valence-corrected chi connectivity index (χ3v) is 13.3. The standard InChI is InChI=1S/C53H51ClN6O9/c1-32-36(10-5-11-38(32)35-15-17-44-47(26-35)67-23-22-66-44)31-69-46-27-45(68-30-34-9-4-8-33(24-34)28-55)37(25-40(46)54)29-59-21-3-2-14-42(59)50(62)57-20-7-19-56-41-13-6-12-39-49(41)53(65)60(52(39)64)43-16-18-48(61)58-51(43)63/h4-6,8-13,15,17,24-27,42-43,56H,2-3,7,14,16,18-23,29-31H2,1H3,(H,57,62)(H,58,61,63). The van der Waals surface area contributed by atoms with Gasteiger partial charge in [-0.05, 0) is 109 Å². The summed E-state index contributed by atoms with van der Waals surface area (Å²) < 4.78 is 24.5. The van der Waals surface area contributed by atoms with Gasteiger partial charge >= 0.3 is 0 Å². The Kier molecular flexibility index (Phi) is 14.1. The molecule has 5 amide bonds. The van der Waals surface area contributed by atoms with E-state index in [4.69, 9.17) is 30.5 Å². The minimum absolute atomic E-state index is 0.0362. The maximum atomic E-state index is 13.9. The molecule has 4 aliphatic rings. The fraction of sp³-hybridized carbons (Fsp3) is 0.321. The topological polar surface area (TPSA) is 189 Å². The van der Waals surface area contributed by atoms with Crippen molar-refractivity contribution in [3.05, 3.63) is 135 Å². The molecule has 2 fully saturated rings. The van der Waals surface area contributed by atoms with Crippen LogP contribution in [0, 0.1) is 18.3 Å². The van der Waals surface area contributed by atoms with Gasteiger partial charge in [0, 0.05) is 43.4 Å². The van der Waals surface area contributed by atoms with E-state index in [1.807, 2.05) is 48.5 Å². The molecule has 0 saturated carbocycles. The SMILES string of the molecule is Cc1c(COc2cc(OCc3cccc(C#N)c3)c(CN3CCCCC3C(=O)NCCCNc3cccc4c3C(=O)N(C3CCC(=O)NC3=O)C4=O)cc2Cl)cccc1-c1ccc2c(c1)OCCO2. The van der Waals surface area contributed by atoms with Crippen LogP contribution in [0.3, 0.4) is 0 Å². The number of amides is 5. The summed E-state index contributed by atoms with van der Waals surface area (Å²) in [5, 5.41) is 18.5. The Bertz CT molecular complexity index is 2880. The molecule has 0 aliphatic carbocycles. The van der Waals surface area contributed by atoms with E-state index in [9.17, 15) is 29.2 Å². The molecule has 5 aromatic carbocycles. The normalized spacial score (nSPS) is 17.7. The lowest BCUT2D eigenvalue weighted by Crippen LogP contribution is -2.54. The number of nitrogens with one attached hydrogen (secondary N) is 3. The molecule has 5 aromatic rings. The van der Waals surface area contributed by atoms with Gasteiger partial charge in [0.15, 0.2) is 11.5 Å². The van der Waals surface area contributed by atoms with Gasteiger partial charge < -0.3 is 29.6 Å². The zero-order chi connectivity index (χ0) is 48.0. The molecule has 2 unspecified atom stereocenters. The number of ether oxygens (including phenoxy) is 4. The Labute approximate surface area is 404 Å². The summed E-state index contributed by atoms with van der Waals surface area (Å²) in [6, 6.07) is 28.6. The van der Waals surface area contributed by atoms with Crippen LogP contribution in [0.2, 0.25) is 5.02 Å². The van der Waals surface area contributed by atoms with Crippen LogP contribution in [0.5, 0.6) is 23.0 Å². The van der Waals surface area contributed by atoms with Crippen LogP contribution in [0.4, 0.5) is 5.69 Å². The summed E-state index contributed by atoms with van der Waals surface area (Å²) in [4.78, 5) is 68.0. The third-order valence-electron chi connectivity index (χ3n) is 13.0. The molecule has 3 N–H and O–H groups in total. The first-order chi connectivity index (χ1) is 33.6. The van der Waals surface area contributed by atoms with Gasteiger partial charge in [0.1, 0.15) is 44.0 Å². The van der Waals surface area contributed by atoms with E-state index in [1.165, 1.54) is 0 Å². The maximum absolute atomic E-state index is 13.9. The minimum Gasteiger partial charge on any atom is -0.488 e. The molecule has 69 heavy (non-hydrogen) atoms. The Morgan fingerprint density at radius 2 is 1.64 bits per heavy atom. The van der Waals surface area contributed by atoms with E-state index in [2.05, 4.69) is 39.9 Å². The predicted octanol–water partition coefficient (Wildman–Crippen LogP) is 7.49. The van der Waals surface area contributed by atoms with E-state index in [-0.39, 0.29) is 43.1 Å². The quantitative estimate of drug-likeness (QED) is 0.0654. The number of halogens is 1. The van der Waals surface area contributed by atoms with Crippen LogP contribution in [-0.2, 0) is 34.1 Å². The number of rotatable bonds is 16. The number of carbonyl (C=O) groups excluding carboxylic acids is 5. The van der Waals surface area contributed by atoms with Gasteiger partial charge in [0.05, 0.1) is 33.8 Å². The number of nitrogens with zero attached hydrogens (tertiary/aromatic N) is 3. The second-order valence-corrected chi connectivity index (χ2v) is 17.9. The minimum atomic E-state index is -1.06. The van der Waals surface area contributed by atoms with Crippen molar-refractivity contribution in [3.63, 3.8) is 0 Å². The molecule has 2 saturated heterocycles. The molecule has 2 atom stereocenters. The Hall–Kier alpha value is -7.41. The average molecular weight is 951 g/mol.